The number of carbonyl (C=O) groups is 1. The summed E-state index contributed by atoms with van der Waals surface area (Å²) in [4.78, 5) is 17.3. The van der Waals surface area contributed by atoms with Crippen LogP contribution in [0.25, 0.3) is 0 Å². The zero-order valence-corrected chi connectivity index (χ0v) is 25.8. The van der Waals surface area contributed by atoms with Crippen LogP contribution in [0, 0.1) is 11.6 Å². The monoisotopic (exact) mass is 629 g/mol. The molecule has 236 valence electrons. The van der Waals surface area contributed by atoms with Gasteiger partial charge in [0.2, 0.25) is 10.0 Å². The average molecular weight is 630 g/mol. The molecule has 11 nitrogen and oxygen atoms in total. The standard InChI is InChI=1S/C30H37F2N7O4S/c1-30(2)27-22(18-39(30)44(41,42)26-23(31)5-4-6-24(26)32)28(36-35-27)34-29(40)21-8-7-20(38-13-11-37(3)12-14-38)17-25(21)33-19-9-15-43-16-10-19/h4-8,17,19,33H,9-16,18H2,1-3H3,(H2,34,35,36,40). The molecule has 2 saturated heterocycles. The number of amides is 1. The predicted molar refractivity (Wildman–Crippen MR) is 162 cm³/mol. The molecule has 6 rings (SSSR count). The first-order valence-corrected chi connectivity index (χ1v) is 16.2. The topological polar surface area (TPSA) is 123 Å². The van der Waals surface area contributed by atoms with E-state index in [1.807, 2.05) is 12.1 Å². The molecule has 2 aromatic carbocycles. The molecular formula is C30H37F2N7O4S. The Bertz CT molecular complexity index is 1650. The molecule has 3 N–H and O–H groups in total. The molecule has 3 aromatic rings. The number of anilines is 3. The third kappa shape index (κ3) is 5.55. The van der Waals surface area contributed by atoms with Crippen LogP contribution in [0.3, 0.4) is 0 Å². The van der Waals surface area contributed by atoms with Gasteiger partial charge >= 0.3 is 0 Å². The summed E-state index contributed by atoms with van der Waals surface area (Å²) in [5.41, 5.74) is 1.76. The number of benzene rings is 2. The zero-order valence-electron chi connectivity index (χ0n) is 25.0. The van der Waals surface area contributed by atoms with E-state index >= 15 is 0 Å². The second-order valence-electron chi connectivity index (χ2n) is 12.1. The van der Waals surface area contributed by atoms with Crippen LogP contribution in [-0.4, -0.2) is 86.2 Å². The summed E-state index contributed by atoms with van der Waals surface area (Å²) in [6.45, 7) is 7.93. The van der Waals surface area contributed by atoms with E-state index in [1.165, 1.54) is 0 Å². The molecule has 0 aliphatic carbocycles. The molecule has 44 heavy (non-hydrogen) atoms. The van der Waals surface area contributed by atoms with Gasteiger partial charge in [0.05, 0.1) is 16.8 Å². The van der Waals surface area contributed by atoms with Crippen LogP contribution in [0.1, 0.15) is 48.3 Å². The summed E-state index contributed by atoms with van der Waals surface area (Å²) < 4.78 is 62.7. The Morgan fingerprint density at radius 1 is 1.07 bits per heavy atom. The van der Waals surface area contributed by atoms with Crippen molar-refractivity contribution in [2.45, 2.75) is 49.7 Å². The number of likely N-dealkylation sites (N-methyl/N-ethyl adjacent to an activating group) is 1. The molecule has 4 heterocycles. The van der Waals surface area contributed by atoms with Gasteiger partial charge in [-0.25, -0.2) is 17.2 Å². The normalized spacial score (nSPS) is 19.6. The number of hydrogen-bond donors (Lipinski definition) is 3. The summed E-state index contributed by atoms with van der Waals surface area (Å²) in [6.07, 6.45) is 1.63. The van der Waals surface area contributed by atoms with Crippen molar-refractivity contribution < 1.29 is 26.7 Å². The van der Waals surface area contributed by atoms with Gasteiger partial charge in [0.15, 0.2) is 10.7 Å². The molecule has 1 amide bonds. The number of sulfonamides is 1. The van der Waals surface area contributed by atoms with E-state index in [-0.39, 0.29) is 18.4 Å². The number of fused-ring (bicyclic) bond motifs is 1. The number of nitrogens with one attached hydrogen (secondary N) is 3. The van der Waals surface area contributed by atoms with E-state index in [4.69, 9.17) is 4.74 Å². The molecule has 1 aromatic heterocycles. The summed E-state index contributed by atoms with van der Waals surface area (Å²) in [5.74, 6) is -2.61. The lowest BCUT2D eigenvalue weighted by Crippen LogP contribution is -2.44. The van der Waals surface area contributed by atoms with Crippen LogP contribution in [0.15, 0.2) is 41.3 Å². The highest BCUT2D eigenvalue weighted by Gasteiger charge is 2.49. The fourth-order valence-corrected chi connectivity index (χ4v) is 8.01. The summed E-state index contributed by atoms with van der Waals surface area (Å²) in [6, 6.07) is 8.81. The summed E-state index contributed by atoms with van der Waals surface area (Å²) in [5, 5.41) is 13.6. The van der Waals surface area contributed by atoms with Crippen LogP contribution in [0.2, 0.25) is 0 Å². The van der Waals surface area contributed by atoms with E-state index in [1.54, 1.807) is 19.9 Å². The number of ether oxygens (including phenoxy) is 1. The van der Waals surface area contributed by atoms with Gasteiger partial charge in [-0.2, -0.15) is 9.40 Å². The van der Waals surface area contributed by atoms with Crippen LogP contribution >= 0.6 is 0 Å². The Morgan fingerprint density at radius 3 is 2.43 bits per heavy atom. The lowest BCUT2D eigenvalue weighted by molar-refractivity contribution is 0.0904. The molecule has 14 heteroatoms. The number of H-pyrrole nitrogens is 1. The Kier molecular flexibility index (Phi) is 8.11. The minimum Gasteiger partial charge on any atom is -0.381 e. The number of halogens is 2. The molecule has 0 bridgehead atoms. The fourth-order valence-electron chi connectivity index (χ4n) is 6.17. The summed E-state index contributed by atoms with van der Waals surface area (Å²) >= 11 is 0. The number of nitrogens with zero attached hydrogens (tertiary/aromatic N) is 4. The third-order valence-corrected chi connectivity index (χ3v) is 10.9. The number of rotatable bonds is 7. The maximum Gasteiger partial charge on any atom is 0.258 e. The van der Waals surface area contributed by atoms with Crippen molar-refractivity contribution in [1.82, 2.24) is 19.4 Å². The summed E-state index contributed by atoms with van der Waals surface area (Å²) in [7, 11) is -2.49. The Morgan fingerprint density at radius 2 is 1.75 bits per heavy atom. The van der Waals surface area contributed by atoms with E-state index in [2.05, 4.69) is 37.7 Å². The largest absolute Gasteiger partial charge is 0.381 e. The van der Waals surface area contributed by atoms with E-state index in [0.29, 0.717) is 35.7 Å². The van der Waals surface area contributed by atoms with Crippen molar-refractivity contribution in [2.75, 3.05) is 62.0 Å². The van der Waals surface area contributed by atoms with Crippen LogP contribution in [-0.2, 0) is 26.8 Å². The lowest BCUT2D eigenvalue weighted by atomic mass is 10.0. The fraction of sp³-hybridized carbons (Fsp3) is 0.467. The van der Waals surface area contributed by atoms with Crippen molar-refractivity contribution in [1.29, 1.82) is 0 Å². The Hall–Kier alpha value is -3.59. The number of aromatic amines is 1. The van der Waals surface area contributed by atoms with Crippen molar-refractivity contribution >= 4 is 33.1 Å². The van der Waals surface area contributed by atoms with Gasteiger partial charge in [-0.3, -0.25) is 9.89 Å². The first-order valence-electron chi connectivity index (χ1n) is 14.7. The molecular weight excluding hydrogens is 592 g/mol. The molecule has 3 aliphatic heterocycles. The quantitative estimate of drug-likeness (QED) is 0.362. The second-order valence-corrected chi connectivity index (χ2v) is 13.9. The minimum absolute atomic E-state index is 0.144. The molecule has 0 radical (unpaired) electrons. The molecule has 2 fully saturated rings. The molecule has 3 aliphatic rings. The second kappa shape index (κ2) is 11.7. The number of carbonyl (C=O) groups excluding carboxylic acids is 1. The number of aromatic nitrogens is 2. The van der Waals surface area contributed by atoms with E-state index in [9.17, 15) is 22.0 Å². The van der Waals surface area contributed by atoms with E-state index < -0.39 is 38.0 Å². The van der Waals surface area contributed by atoms with Crippen molar-refractivity contribution in [3.05, 3.63) is 64.9 Å². The highest BCUT2D eigenvalue weighted by molar-refractivity contribution is 7.89. The van der Waals surface area contributed by atoms with Crippen LogP contribution < -0.4 is 15.5 Å². The van der Waals surface area contributed by atoms with Gasteiger partial charge in [0.1, 0.15) is 11.6 Å². The van der Waals surface area contributed by atoms with Gasteiger partial charge in [-0.05, 0) is 64.1 Å². The third-order valence-electron chi connectivity index (χ3n) is 8.80. The van der Waals surface area contributed by atoms with Gasteiger partial charge < -0.3 is 25.2 Å². The van der Waals surface area contributed by atoms with Crippen molar-refractivity contribution in [2.24, 2.45) is 0 Å². The average Bonchev–Trinajstić information content (AvgIpc) is 3.51. The molecule has 0 unspecified atom stereocenters. The minimum atomic E-state index is -4.59. The molecule has 0 saturated carbocycles. The van der Waals surface area contributed by atoms with Gasteiger partial charge in [-0.15, -0.1) is 0 Å². The van der Waals surface area contributed by atoms with Crippen molar-refractivity contribution in [3.8, 4) is 0 Å². The predicted octanol–water partition coefficient (Wildman–Crippen LogP) is 3.72. The van der Waals surface area contributed by atoms with Gasteiger partial charge in [0.25, 0.3) is 5.91 Å². The highest BCUT2D eigenvalue weighted by Crippen LogP contribution is 2.44. The van der Waals surface area contributed by atoms with Gasteiger partial charge in [0, 0.05) is 68.9 Å². The maximum atomic E-state index is 14.6. The molecule has 0 spiro atoms. The Balaban J connectivity index is 1.28. The van der Waals surface area contributed by atoms with E-state index in [0.717, 1.165) is 67.2 Å². The first-order chi connectivity index (χ1) is 21.0. The SMILES string of the molecule is CN1CCN(c2ccc(C(=O)Nc3n[nH]c4c3CN(S(=O)(=O)c3c(F)cccc3F)C4(C)C)c(NC3CCOCC3)c2)CC1. The van der Waals surface area contributed by atoms with Gasteiger partial charge in [-0.1, -0.05) is 6.07 Å². The maximum absolute atomic E-state index is 14.6. The van der Waals surface area contributed by atoms with Crippen LogP contribution in [0.5, 0.6) is 0 Å². The lowest BCUT2D eigenvalue weighted by Gasteiger charge is -2.34. The number of piperazine rings is 1. The van der Waals surface area contributed by atoms with Crippen molar-refractivity contribution in [3.63, 3.8) is 0 Å². The Labute approximate surface area is 255 Å². The number of hydrogen-bond acceptors (Lipinski definition) is 8. The molecule has 0 atom stereocenters. The highest BCUT2D eigenvalue weighted by atomic mass is 32.2. The van der Waals surface area contributed by atoms with Crippen LogP contribution in [0.4, 0.5) is 26.0 Å². The smallest absolute Gasteiger partial charge is 0.258 e. The first kappa shape index (κ1) is 30.4. The zero-order chi connectivity index (χ0) is 31.2.